The van der Waals surface area contributed by atoms with Crippen molar-refractivity contribution in [3.05, 3.63) is 64.7 Å². The van der Waals surface area contributed by atoms with Crippen LogP contribution in [0.1, 0.15) is 11.1 Å². The first-order valence-electron chi connectivity index (χ1n) is 7.55. The fourth-order valence-corrected chi connectivity index (χ4v) is 2.23. The molecule has 0 saturated heterocycles. The highest BCUT2D eigenvalue weighted by Crippen LogP contribution is 2.14. The molecule has 6 heteroatoms. The summed E-state index contributed by atoms with van der Waals surface area (Å²) < 4.78 is 0. The summed E-state index contributed by atoms with van der Waals surface area (Å²) in [4.78, 5) is 25.4. The number of anilines is 1. The van der Waals surface area contributed by atoms with Crippen LogP contribution in [0.5, 0.6) is 0 Å². The maximum atomic E-state index is 12.1. The Kier molecular flexibility index (Phi) is 6.21. The smallest absolute Gasteiger partial charge is 0.315 e. The molecule has 0 unspecified atom stereocenters. The van der Waals surface area contributed by atoms with Crippen molar-refractivity contribution in [3.8, 4) is 0 Å². The molecule has 0 atom stereocenters. The van der Waals surface area contributed by atoms with Gasteiger partial charge in [-0.1, -0.05) is 35.9 Å². The van der Waals surface area contributed by atoms with Crippen LogP contribution in [0, 0.1) is 6.92 Å². The van der Waals surface area contributed by atoms with Gasteiger partial charge in [0.25, 0.3) is 0 Å². The number of carbonyl (C=O) groups excluding carboxylic acids is 2. The Bertz CT molecular complexity index is 716. The first kappa shape index (κ1) is 17.8. The van der Waals surface area contributed by atoms with Crippen molar-refractivity contribution >= 4 is 29.2 Å². The van der Waals surface area contributed by atoms with Crippen LogP contribution in [0.2, 0.25) is 5.02 Å². The van der Waals surface area contributed by atoms with Gasteiger partial charge in [-0.25, -0.2) is 4.79 Å². The number of amides is 3. The summed E-state index contributed by atoms with van der Waals surface area (Å²) in [6.07, 6.45) is 0. The minimum atomic E-state index is -0.393. The molecule has 0 aromatic heterocycles. The molecular weight excluding hydrogens is 326 g/mol. The highest BCUT2D eigenvalue weighted by molar-refractivity contribution is 6.30. The largest absolute Gasteiger partial charge is 0.334 e. The second-order valence-corrected chi connectivity index (χ2v) is 5.89. The maximum absolute atomic E-state index is 12.1. The summed E-state index contributed by atoms with van der Waals surface area (Å²) in [7, 11) is 1.68. The fraction of sp³-hybridized carbons (Fsp3) is 0.222. The highest BCUT2D eigenvalue weighted by Gasteiger charge is 2.12. The maximum Gasteiger partial charge on any atom is 0.315 e. The molecule has 2 rings (SSSR count). The van der Waals surface area contributed by atoms with Gasteiger partial charge in [-0.3, -0.25) is 4.79 Å². The van der Waals surface area contributed by atoms with Crippen molar-refractivity contribution in [2.45, 2.75) is 13.5 Å². The zero-order chi connectivity index (χ0) is 17.5. The van der Waals surface area contributed by atoms with Crippen LogP contribution < -0.4 is 15.5 Å². The molecule has 2 aromatic carbocycles. The number of urea groups is 1. The number of aryl methyl sites for hydroxylation is 1. The molecule has 0 aliphatic rings. The fourth-order valence-electron chi connectivity index (χ4n) is 2.10. The number of halogens is 1. The Hall–Kier alpha value is -2.53. The van der Waals surface area contributed by atoms with Crippen LogP contribution >= 0.6 is 11.6 Å². The molecule has 0 aliphatic heterocycles. The Balaban J connectivity index is 1.78. The molecule has 0 spiro atoms. The van der Waals surface area contributed by atoms with Crippen molar-refractivity contribution < 1.29 is 9.59 Å². The second kappa shape index (κ2) is 8.36. The zero-order valence-corrected chi connectivity index (χ0v) is 14.4. The molecule has 5 nitrogen and oxygen atoms in total. The van der Waals surface area contributed by atoms with Crippen molar-refractivity contribution in [1.29, 1.82) is 0 Å². The third-order valence-electron chi connectivity index (χ3n) is 3.53. The summed E-state index contributed by atoms with van der Waals surface area (Å²) in [6.45, 7) is 2.26. The predicted octanol–water partition coefficient (Wildman–Crippen LogP) is 3.11. The van der Waals surface area contributed by atoms with Crippen LogP contribution in [0.25, 0.3) is 0 Å². The molecule has 0 heterocycles. The summed E-state index contributed by atoms with van der Waals surface area (Å²) in [5.74, 6) is -0.192. The molecule has 126 valence electrons. The van der Waals surface area contributed by atoms with Crippen LogP contribution in [0.4, 0.5) is 10.5 Å². The highest BCUT2D eigenvalue weighted by atomic mass is 35.5. The number of benzene rings is 2. The third-order valence-corrected chi connectivity index (χ3v) is 3.78. The van der Waals surface area contributed by atoms with Gasteiger partial charge in [0.15, 0.2) is 0 Å². The lowest BCUT2D eigenvalue weighted by Crippen LogP contribution is -2.42. The quantitative estimate of drug-likeness (QED) is 0.874. The molecule has 2 N–H and O–H groups in total. The van der Waals surface area contributed by atoms with E-state index < -0.39 is 6.03 Å². The first-order chi connectivity index (χ1) is 11.5. The normalized spacial score (nSPS) is 10.1. The Labute approximate surface area is 146 Å². The van der Waals surface area contributed by atoms with Gasteiger partial charge in [0.1, 0.15) is 0 Å². The van der Waals surface area contributed by atoms with E-state index >= 15 is 0 Å². The summed E-state index contributed by atoms with van der Waals surface area (Å²) in [5, 5.41) is 5.91. The average Bonchev–Trinajstić information content (AvgIpc) is 2.58. The van der Waals surface area contributed by atoms with E-state index in [1.54, 1.807) is 19.2 Å². The number of hydrogen-bond donors (Lipinski definition) is 2. The van der Waals surface area contributed by atoms with Crippen LogP contribution in [0.15, 0.2) is 48.5 Å². The molecule has 0 radical (unpaired) electrons. The van der Waals surface area contributed by atoms with Gasteiger partial charge >= 0.3 is 6.03 Å². The number of nitrogens with one attached hydrogen (secondary N) is 2. The standard InChI is InChI=1S/C18H20ClN3O2/c1-13-4-3-5-16(10-13)22(2)17(23)12-21-18(24)20-11-14-6-8-15(19)9-7-14/h3-10H,11-12H2,1-2H3,(H2,20,21,24). The van der Waals surface area contributed by atoms with Gasteiger partial charge in [-0.05, 0) is 42.3 Å². The predicted molar refractivity (Wildman–Crippen MR) is 96.3 cm³/mol. The molecule has 2 aromatic rings. The van der Waals surface area contributed by atoms with Crippen LogP contribution in [0.3, 0.4) is 0 Å². The molecule has 3 amide bonds. The zero-order valence-electron chi connectivity index (χ0n) is 13.7. The van der Waals surface area contributed by atoms with Gasteiger partial charge < -0.3 is 15.5 Å². The van der Waals surface area contributed by atoms with E-state index in [9.17, 15) is 9.59 Å². The van der Waals surface area contributed by atoms with E-state index in [1.165, 1.54) is 4.90 Å². The van der Waals surface area contributed by atoms with E-state index in [4.69, 9.17) is 11.6 Å². The Morgan fingerprint density at radius 2 is 1.79 bits per heavy atom. The first-order valence-corrected chi connectivity index (χ1v) is 7.93. The number of carbonyl (C=O) groups is 2. The van der Waals surface area contributed by atoms with Gasteiger partial charge in [0.2, 0.25) is 5.91 Å². The van der Waals surface area contributed by atoms with Crippen molar-refractivity contribution in [3.63, 3.8) is 0 Å². The van der Waals surface area contributed by atoms with Gasteiger partial charge in [-0.15, -0.1) is 0 Å². The number of rotatable bonds is 5. The molecular formula is C18H20ClN3O2. The SMILES string of the molecule is Cc1cccc(N(C)C(=O)CNC(=O)NCc2ccc(Cl)cc2)c1. The number of nitrogens with zero attached hydrogens (tertiary/aromatic N) is 1. The minimum absolute atomic E-state index is 0.0725. The van der Waals surface area contributed by atoms with E-state index in [1.807, 2.05) is 43.3 Å². The molecule has 0 aliphatic carbocycles. The van der Waals surface area contributed by atoms with Gasteiger partial charge in [-0.2, -0.15) is 0 Å². The Morgan fingerprint density at radius 1 is 1.08 bits per heavy atom. The van der Waals surface area contributed by atoms with Gasteiger partial charge in [0, 0.05) is 24.3 Å². The minimum Gasteiger partial charge on any atom is -0.334 e. The lowest BCUT2D eigenvalue weighted by atomic mass is 10.2. The number of likely N-dealkylation sites (N-methyl/N-ethyl adjacent to an activating group) is 1. The molecule has 0 saturated carbocycles. The van der Waals surface area contributed by atoms with E-state index in [-0.39, 0.29) is 12.5 Å². The van der Waals surface area contributed by atoms with Gasteiger partial charge in [0.05, 0.1) is 6.54 Å². The number of hydrogen-bond acceptors (Lipinski definition) is 2. The summed E-state index contributed by atoms with van der Waals surface area (Å²) >= 11 is 5.81. The lowest BCUT2D eigenvalue weighted by Gasteiger charge is -2.18. The third kappa shape index (κ3) is 5.28. The second-order valence-electron chi connectivity index (χ2n) is 5.45. The van der Waals surface area contributed by atoms with Crippen molar-refractivity contribution in [2.24, 2.45) is 0 Å². The van der Waals surface area contributed by atoms with Crippen molar-refractivity contribution in [1.82, 2.24) is 10.6 Å². The molecule has 0 fully saturated rings. The van der Waals surface area contributed by atoms with E-state index in [0.29, 0.717) is 11.6 Å². The van der Waals surface area contributed by atoms with Crippen LogP contribution in [-0.2, 0) is 11.3 Å². The molecule has 0 bridgehead atoms. The van der Waals surface area contributed by atoms with Crippen molar-refractivity contribution in [2.75, 3.05) is 18.5 Å². The Morgan fingerprint density at radius 3 is 2.46 bits per heavy atom. The van der Waals surface area contributed by atoms with Crippen LogP contribution in [-0.4, -0.2) is 25.5 Å². The average molecular weight is 346 g/mol. The monoisotopic (exact) mass is 345 g/mol. The lowest BCUT2D eigenvalue weighted by molar-refractivity contribution is -0.117. The summed E-state index contributed by atoms with van der Waals surface area (Å²) in [6, 6.07) is 14.4. The van der Waals surface area contributed by atoms with E-state index in [2.05, 4.69) is 10.6 Å². The summed E-state index contributed by atoms with van der Waals surface area (Å²) in [5.41, 5.74) is 2.79. The topological polar surface area (TPSA) is 61.4 Å². The molecule has 24 heavy (non-hydrogen) atoms. The van der Waals surface area contributed by atoms with E-state index in [0.717, 1.165) is 16.8 Å².